The average molecular weight is 415 g/mol. The molecular formula is C21H23ClN4OS. The molecule has 3 aromatic rings. The summed E-state index contributed by atoms with van der Waals surface area (Å²) in [6.45, 7) is 6.71. The van der Waals surface area contributed by atoms with Crippen LogP contribution in [0.1, 0.15) is 36.7 Å². The SMILES string of the molecule is CCCCn1nc(C)c(C=CC(=O)N(c2ccccc2)c2nc(C)cs2)c1Cl. The maximum absolute atomic E-state index is 13.1. The maximum atomic E-state index is 13.1. The van der Waals surface area contributed by atoms with Crippen LogP contribution in [0, 0.1) is 13.8 Å². The molecule has 1 amide bonds. The highest BCUT2D eigenvalue weighted by Gasteiger charge is 2.19. The van der Waals surface area contributed by atoms with Gasteiger partial charge in [0.1, 0.15) is 5.15 Å². The summed E-state index contributed by atoms with van der Waals surface area (Å²) in [5, 5.41) is 7.62. The molecule has 146 valence electrons. The van der Waals surface area contributed by atoms with Crippen molar-refractivity contribution in [2.75, 3.05) is 4.90 Å². The van der Waals surface area contributed by atoms with Crippen LogP contribution >= 0.6 is 22.9 Å². The molecule has 7 heteroatoms. The second-order valence-electron chi connectivity index (χ2n) is 6.48. The Bertz CT molecular complexity index is 978. The minimum atomic E-state index is -0.183. The zero-order valence-corrected chi connectivity index (χ0v) is 17.8. The van der Waals surface area contributed by atoms with E-state index in [1.807, 2.05) is 49.6 Å². The van der Waals surface area contributed by atoms with Gasteiger partial charge in [0.25, 0.3) is 5.91 Å². The number of hydrogen-bond acceptors (Lipinski definition) is 4. The monoisotopic (exact) mass is 414 g/mol. The van der Waals surface area contributed by atoms with E-state index in [2.05, 4.69) is 17.0 Å². The first-order chi connectivity index (χ1) is 13.5. The fraction of sp³-hybridized carbons (Fsp3) is 0.286. The lowest BCUT2D eigenvalue weighted by atomic mass is 10.2. The van der Waals surface area contributed by atoms with Crippen LogP contribution in [-0.2, 0) is 11.3 Å². The molecule has 0 fully saturated rings. The molecule has 2 aromatic heterocycles. The highest BCUT2D eigenvalue weighted by molar-refractivity contribution is 7.14. The maximum Gasteiger partial charge on any atom is 0.257 e. The van der Waals surface area contributed by atoms with Gasteiger partial charge in [0, 0.05) is 23.6 Å². The van der Waals surface area contributed by atoms with Gasteiger partial charge in [-0.2, -0.15) is 5.10 Å². The van der Waals surface area contributed by atoms with Gasteiger partial charge in [-0.25, -0.2) is 4.98 Å². The molecule has 0 aliphatic carbocycles. The Morgan fingerprint density at radius 3 is 2.68 bits per heavy atom. The molecule has 5 nitrogen and oxygen atoms in total. The fourth-order valence-corrected chi connectivity index (χ4v) is 3.94. The van der Waals surface area contributed by atoms with E-state index < -0.39 is 0 Å². The van der Waals surface area contributed by atoms with Crippen LogP contribution < -0.4 is 4.90 Å². The number of aryl methyl sites for hydroxylation is 3. The molecule has 0 atom stereocenters. The molecule has 1 aromatic carbocycles. The van der Waals surface area contributed by atoms with Crippen LogP contribution in [-0.4, -0.2) is 20.7 Å². The Morgan fingerprint density at radius 1 is 1.29 bits per heavy atom. The molecule has 0 radical (unpaired) electrons. The number of anilines is 2. The van der Waals surface area contributed by atoms with Gasteiger partial charge in [-0.1, -0.05) is 43.1 Å². The topological polar surface area (TPSA) is 51.0 Å². The number of halogens is 1. The number of carbonyl (C=O) groups is 1. The van der Waals surface area contributed by atoms with E-state index in [1.165, 1.54) is 17.4 Å². The molecule has 0 aliphatic rings. The minimum Gasteiger partial charge on any atom is -0.269 e. The summed E-state index contributed by atoms with van der Waals surface area (Å²) < 4.78 is 1.80. The number of unbranched alkanes of at least 4 members (excludes halogenated alkanes) is 1. The Kier molecular flexibility index (Phi) is 6.65. The van der Waals surface area contributed by atoms with Gasteiger partial charge >= 0.3 is 0 Å². The standard InChI is InChI=1S/C21H23ClN4OS/c1-4-5-13-25-20(22)18(16(3)24-25)11-12-19(27)26(17-9-7-6-8-10-17)21-23-15(2)14-28-21/h6-12,14H,4-5,13H2,1-3H3. The highest BCUT2D eigenvalue weighted by Crippen LogP contribution is 2.29. The lowest BCUT2D eigenvalue weighted by Gasteiger charge is -2.18. The molecule has 0 unspecified atom stereocenters. The molecule has 0 saturated carbocycles. The van der Waals surface area contributed by atoms with Crippen LogP contribution in [0.25, 0.3) is 6.08 Å². The van der Waals surface area contributed by atoms with Crippen molar-refractivity contribution in [3.8, 4) is 0 Å². The summed E-state index contributed by atoms with van der Waals surface area (Å²) >= 11 is 7.92. The average Bonchev–Trinajstić information content (AvgIpc) is 3.22. The van der Waals surface area contributed by atoms with Crippen molar-refractivity contribution in [3.05, 3.63) is 63.9 Å². The van der Waals surface area contributed by atoms with E-state index in [0.29, 0.717) is 10.3 Å². The number of benzene rings is 1. The van der Waals surface area contributed by atoms with E-state index in [9.17, 15) is 4.79 Å². The zero-order chi connectivity index (χ0) is 20.1. The van der Waals surface area contributed by atoms with E-state index in [0.717, 1.165) is 42.0 Å². The number of aromatic nitrogens is 3. The Morgan fingerprint density at radius 2 is 2.04 bits per heavy atom. The van der Waals surface area contributed by atoms with Gasteiger partial charge in [0.05, 0.1) is 17.1 Å². The van der Waals surface area contributed by atoms with Crippen molar-refractivity contribution >= 4 is 45.7 Å². The van der Waals surface area contributed by atoms with Crippen LogP contribution in [0.4, 0.5) is 10.8 Å². The largest absolute Gasteiger partial charge is 0.269 e. The molecule has 0 bridgehead atoms. The molecular weight excluding hydrogens is 392 g/mol. The second-order valence-corrected chi connectivity index (χ2v) is 7.68. The normalized spacial score (nSPS) is 11.3. The number of para-hydroxylation sites is 1. The fourth-order valence-electron chi connectivity index (χ4n) is 2.79. The molecule has 0 aliphatic heterocycles. The number of amides is 1. The molecule has 2 heterocycles. The molecule has 0 spiro atoms. The van der Waals surface area contributed by atoms with Crippen LogP contribution in [0.3, 0.4) is 0 Å². The Labute approximate surface area is 174 Å². The van der Waals surface area contributed by atoms with Crippen molar-refractivity contribution in [1.82, 2.24) is 14.8 Å². The number of thiazole rings is 1. The summed E-state index contributed by atoms with van der Waals surface area (Å²) in [4.78, 5) is 19.2. The van der Waals surface area contributed by atoms with Gasteiger partial charge in [0.2, 0.25) is 0 Å². The van der Waals surface area contributed by atoms with Gasteiger partial charge in [-0.05, 0) is 38.5 Å². The zero-order valence-electron chi connectivity index (χ0n) is 16.2. The van der Waals surface area contributed by atoms with Crippen molar-refractivity contribution in [2.24, 2.45) is 0 Å². The molecule has 28 heavy (non-hydrogen) atoms. The van der Waals surface area contributed by atoms with E-state index in [-0.39, 0.29) is 5.91 Å². The number of carbonyl (C=O) groups excluding carboxylic acids is 1. The van der Waals surface area contributed by atoms with Crippen molar-refractivity contribution < 1.29 is 4.79 Å². The first kappa shape index (κ1) is 20.3. The smallest absolute Gasteiger partial charge is 0.257 e. The lowest BCUT2D eigenvalue weighted by Crippen LogP contribution is -2.23. The van der Waals surface area contributed by atoms with Gasteiger partial charge < -0.3 is 0 Å². The van der Waals surface area contributed by atoms with Gasteiger partial charge in [0.15, 0.2) is 5.13 Å². The lowest BCUT2D eigenvalue weighted by molar-refractivity contribution is -0.113. The second kappa shape index (κ2) is 9.17. The van der Waals surface area contributed by atoms with E-state index >= 15 is 0 Å². The number of nitrogens with zero attached hydrogens (tertiary/aromatic N) is 4. The van der Waals surface area contributed by atoms with Crippen molar-refractivity contribution in [2.45, 2.75) is 40.2 Å². The first-order valence-corrected chi connectivity index (χ1v) is 10.5. The first-order valence-electron chi connectivity index (χ1n) is 9.23. The minimum absolute atomic E-state index is 0.183. The molecule has 0 saturated heterocycles. The highest BCUT2D eigenvalue weighted by atomic mass is 35.5. The van der Waals surface area contributed by atoms with Crippen LogP contribution in [0.15, 0.2) is 41.8 Å². The third kappa shape index (κ3) is 4.51. The van der Waals surface area contributed by atoms with Gasteiger partial charge in [-0.15, -0.1) is 11.3 Å². The predicted octanol–water partition coefficient (Wildman–Crippen LogP) is 5.79. The predicted molar refractivity (Wildman–Crippen MR) is 116 cm³/mol. The summed E-state index contributed by atoms with van der Waals surface area (Å²) in [5.74, 6) is -0.183. The summed E-state index contributed by atoms with van der Waals surface area (Å²) in [6.07, 6.45) is 5.35. The number of hydrogen-bond donors (Lipinski definition) is 0. The van der Waals surface area contributed by atoms with Crippen molar-refractivity contribution in [3.63, 3.8) is 0 Å². The van der Waals surface area contributed by atoms with Crippen LogP contribution in [0.5, 0.6) is 0 Å². The Hall–Kier alpha value is -2.44. The van der Waals surface area contributed by atoms with E-state index in [4.69, 9.17) is 11.6 Å². The van der Waals surface area contributed by atoms with Gasteiger partial charge in [-0.3, -0.25) is 14.4 Å². The third-order valence-corrected chi connectivity index (χ3v) is 5.60. The summed E-state index contributed by atoms with van der Waals surface area (Å²) in [5.41, 5.74) is 3.23. The summed E-state index contributed by atoms with van der Waals surface area (Å²) in [6, 6.07) is 9.51. The van der Waals surface area contributed by atoms with E-state index in [1.54, 1.807) is 15.7 Å². The third-order valence-electron chi connectivity index (χ3n) is 4.26. The quantitative estimate of drug-likeness (QED) is 0.460. The Balaban J connectivity index is 1.90. The van der Waals surface area contributed by atoms with Crippen molar-refractivity contribution in [1.29, 1.82) is 0 Å². The van der Waals surface area contributed by atoms with Crippen LogP contribution in [0.2, 0.25) is 5.15 Å². The molecule has 3 rings (SSSR count). The summed E-state index contributed by atoms with van der Waals surface area (Å²) in [7, 11) is 0. The molecule has 0 N–H and O–H groups in total. The number of rotatable bonds is 7.